The number of amides is 1. The number of hydrogen-bond acceptors (Lipinski definition) is 4. The zero-order valence-corrected chi connectivity index (χ0v) is 13.7. The smallest absolute Gasteiger partial charge is 0.230 e. The molecule has 0 aliphatic carbocycles. The highest BCUT2D eigenvalue weighted by Crippen LogP contribution is 2.17. The Bertz CT molecular complexity index is 676. The molecule has 0 aliphatic heterocycles. The summed E-state index contributed by atoms with van der Waals surface area (Å²) in [6, 6.07) is 17.1. The predicted octanol–water partition coefficient (Wildman–Crippen LogP) is 3.02. The van der Waals surface area contributed by atoms with Gasteiger partial charge in [0.2, 0.25) is 5.91 Å². The Morgan fingerprint density at radius 3 is 2.48 bits per heavy atom. The fraction of sp³-hybridized carbons (Fsp3) is 0.222. The first-order chi connectivity index (χ1) is 11.2. The number of rotatable bonds is 7. The molecular weight excluding hydrogens is 308 g/mol. The van der Waals surface area contributed by atoms with Crippen molar-refractivity contribution in [1.82, 2.24) is 5.32 Å². The highest BCUT2D eigenvalue weighted by molar-refractivity contribution is 8.00. The highest BCUT2D eigenvalue weighted by Gasteiger charge is 2.03. The zero-order valence-electron chi connectivity index (χ0n) is 12.9. The van der Waals surface area contributed by atoms with Gasteiger partial charge in [-0.2, -0.15) is 5.26 Å². The number of benzene rings is 2. The monoisotopic (exact) mass is 326 g/mol. The Kier molecular flexibility index (Phi) is 6.52. The second kappa shape index (κ2) is 8.86. The van der Waals surface area contributed by atoms with Gasteiger partial charge in [-0.25, -0.2) is 0 Å². The lowest BCUT2D eigenvalue weighted by atomic mass is 10.1. The summed E-state index contributed by atoms with van der Waals surface area (Å²) in [7, 11) is 1.64. The third-order valence-electron chi connectivity index (χ3n) is 3.25. The van der Waals surface area contributed by atoms with Crippen molar-refractivity contribution in [1.29, 1.82) is 5.26 Å². The van der Waals surface area contributed by atoms with Crippen LogP contribution in [0.15, 0.2) is 53.4 Å². The van der Waals surface area contributed by atoms with E-state index in [0.717, 1.165) is 22.6 Å². The van der Waals surface area contributed by atoms with E-state index in [1.54, 1.807) is 19.2 Å². The van der Waals surface area contributed by atoms with Crippen LogP contribution in [-0.4, -0.2) is 25.3 Å². The van der Waals surface area contributed by atoms with Gasteiger partial charge in [-0.05, 0) is 48.4 Å². The van der Waals surface area contributed by atoms with Crippen molar-refractivity contribution in [2.45, 2.75) is 11.3 Å². The number of hydrogen-bond donors (Lipinski definition) is 1. The van der Waals surface area contributed by atoms with Gasteiger partial charge in [0.05, 0.1) is 24.5 Å². The largest absolute Gasteiger partial charge is 0.497 e. The number of ether oxygens (including phenoxy) is 1. The minimum absolute atomic E-state index is 0.00729. The van der Waals surface area contributed by atoms with Gasteiger partial charge >= 0.3 is 0 Å². The molecule has 0 atom stereocenters. The van der Waals surface area contributed by atoms with Gasteiger partial charge in [0.25, 0.3) is 0 Å². The Labute approximate surface area is 140 Å². The maximum Gasteiger partial charge on any atom is 0.230 e. The third kappa shape index (κ3) is 5.68. The van der Waals surface area contributed by atoms with Crippen molar-refractivity contribution in [3.63, 3.8) is 0 Å². The van der Waals surface area contributed by atoms with Crippen LogP contribution in [-0.2, 0) is 11.2 Å². The first kappa shape index (κ1) is 16.9. The third-order valence-corrected chi connectivity index (χ3v) is 4.26. The molecule has 5 heteroatoms. The van der Waals surface area contributed by atoms with Gasteiger partial charge in [0, 0.05) is 11.4 Å². The van der Waals surface area contributed by atoms with Gasteiger partial charge in [-0.15, -0.1) is 11.8 Å². The minimum Gasteiger partial charge on any atom is -0.497 e. The van der Waals surface area contributed by atoms with E-state index < -0.39 is 0 Å². The molecule has 2 aromatic carbocycles. The number of carbonyl (C=O) groups is 1. The van der Waals surface area contributed by atoms with Crippen LogP contribution >= 0.6 is 11.8 Å². The second-order valence-corrected chi connectivity index (χ2v) is 5.92. The molecule has 4 nitrogen and oxygen atoms in total. The van der Waals surface area contributed by atoms with E-state index in [2.05, 4.69) is 11.4 Å². The Hall–Kier alpha value is -2.45. The first-order valence-corrected chi connectivity index (χ1v) is 8.22. The van der Waals surface area contributed by atoms with E-state index in [-0.39, 0.29) is 5.91 Å². The Balaban J connectivity index is 1.69. The summed E-state index contributed by atoms with van der Waals surface area (Å²) in [4.78, 5) is 12.8. The van der Waals surface area contributed by atoms with Crippen LogP contribution < -0.4 is 10.1 Å². The minimum atomic E-state index is 0.00729. The van der Waals surface area contributed by atoms with Crippen LogP contribution in [0.25, 0.3) is 0 Å². The molecule has 0 fully saturated rings. The molecule has 1 amide bonds. The van der Waals surface area contributed by atoms with Crippen molar-refractivity contribution in [3.8, 4) is 11.8 Å². The molecule has 0 saturated carbocycles. The van der Waals surface area contributed by atoms with Crippen LogP contribution in [0, 0.1) is 11.3 Å². The topological polar surface area (TPSA) is 62.1 Å². The summed E-state index contributed by atoms with van der Waals surface area (Å²) in [6.07, 6.45) is 0.789. The lowest BCUT2D eigenvalue weighted by molar-refractivity contribution is -0.118. The van der Waals surface area contributed by atoms with Crippen LogP contribution in [0.2, 0.25) is 0 Å². The molecule has 1 N–H and O–H groups in total. The number of nitrogens with one attached hydrogen (secondary N) is 1. The SMILES string of the molecule is COc1ccc(CCNC(=O)CSc2ccc(C#N)cc2)cc1. The zero-order chi connectivity index (χ0) is 16.5. The lowest BCUT2D eigenvalue weighted by Crippen LogP contribution is -2.27. The van der Waals surface area contributed by atoms with Crippen LogP contribution in [0.3, 0.4) is 0 Å². The molecule has 0 bridgehead atoms. The molecule has 2 aromatic rings. The molecule has 0 unspecified atom stereocenters. The Morgan fingerprint density at radius 2 is 1.87 bits per heavy atom. The van der Waals surface area contributed by atoms with E-state index in [1.807, 2.05) is 36.4 Å². The van der Waals surface area contributed by atoms with Crippen molar-refractivity contribution >= 4 is 17.7 Å². The maximum absolute atomic E-state index is 11.8. The summed E-state index contributed by atoms with van der Waals surface area (Å²) in [5.41, 5.74) is 1.78. The molecule has 0 aliphatic rings. The molecule has 0 heterocycles. The second-order valence-electron chi connectivity index (χ2n) is 4.87. The molecule has 0 radical (unpaired) electrons. The molecule has 0 aromatic heterocycles. The quantitative estimate of drug-likeness (QED) is 0.795. The summed E-state index contributed by atoms with van der Waals surface area (Å²) in [5, 5.41) is 11.6. The maximum atomic E-state index is 11.8. The summed E-state index contributed by atoms with van der Waals surface area (Å²) >= 11 is 1.46. The molecule has 2 rings (SSSR count). The van der Waals surface area contributed by atoms with E-state index in [9.17, 15) is 4.79 Å². The molecule has 23 heavy (non-hydrogen) atoms. The van der Waals surface area contributed by atoms with Gasteiger partial charge < -0.3 is 10.1 Å². The standard InChI is InChI=1S/C18H18N2O2S/c1-22-16-6-2-14(3-7-16)10-11-20-18(21)13-23-17-8-4-15(12-19)5-9-17/h2-9H,10-11,13H2,1H3,(H,20,21). The van der Waals surface area contributed by atoms with Crippen molar-refractivity contribution in [3.05, 3.63) is 59.7 Å². The summed E-state index contributed by atoms with van der Waals surface area (Å²) < 4.78 is 5.11. The molecule has 0 spiro atoms. The molecular formula is C18H18N2O2S. The average Bonchev–Trinajstić information content (AvgIpc) is 2.61. The molecule has 0 saturated heterocycles. The van der Waals surface area contributed by atoms with Gasteiger partial charge in [-0.1, -0.05) is 12.1 Å². The van der Waals surface area contributed by atoms with Crippen molar-refractivity contribution < 1.29 is 9.53 Å². The Morgan fingerprint density at radius 1 is 1.17 bits per heavy atom. The van der Waals surface area contributed by atoms with E-state index in [1.165, 1.54) is 11.8 Å². The van der Waals surface area contributed by atoms with Gasteiger partial charge in [-0.3, -0.25) is 4.79 Å². The van der Waals surface area contributed by atoms with Crippen LogP contribution in [0.5, 0.6) is 5.75 Å². The highest BCUT2D eigenvalue weighted by atomic mass is 32.2. The van der Waals surface area contributed by atoms with Crippen LogP contribution in [0.1, 0.15) is 11.1 Å². The fourth-order valence-corrected chi connectivity index (χ4v) is 2.69. The number of carbonyl (C=O) groups excluding carboxylic acids is 1. The summed E-state index contributed by atoms with van der Waals surface area (Å²) in [6.45, 7) is 0.610. The number of thioether (sulfide) groups is 1. The number of nitrogens with zero attached hydrogens (tertiary/aromatic N) is 1. The van der Waals surface area contributed by atoms with E-state index in [0.29, 0.717) is 17.9 Å². The van der Waals surface area contributed by atoms with Gasteiger partial charge in [0.1, 0.15) is 5.75 Å². The van der Waals surface area contributed by atoms with Crippen molar-refractivity contribution in [2.24, 2.45) is 0 Å². The van der Waals surface area contributed by atoms with Gasteiger partial charge in [0.15, 0.2) is 0 Å². The average molecular weight is 326 g/mol. The normalized spacial score (nSPS) is 9.91. The predicted molar refractivity (Wildman–Crippen MR) is 91.6 cm³/mol. The fourth-order valence-electron chi connectivity index (χ4n) is 1.96. The number of methoxy groups -OCH3 is 1. The van der Waals surface area contributed by atoms with Crippen LogP contribution in [0.4, 0.5) is 0 Å². The summed E-state index contributed by atoms with van der Waals surface area (Å²) in [5.74, 6) is 1.21. The lowest BCUT2D eigenvalue weighted by Gasteiger charge is -2.06. The van der Waals surface area contributed by atoms with E-state index in [4.69, 9.17) is 10.00 Å². The van der Waals surface area contributed by atoms with Crippen molar-refractivity contribution in [2.75, 3.05) is 19.4 Å². The first-order valence-electron chi connectivity index (χ1n) is 7.24. The van der Waals surface area contributed by atoms with E-state index >= 15 is 0 Å². The number of nitriles is 1. The molecule has 118 valence electrons.